The molecule has 0 spiro atoms. The van der Waals surface area contributed by atoms with Gasteiger partial charge < -0.3 is 13.9 Å². The fraction of sp³-hybridized carbons (Fsp3) is 0.452. The van der Waals surface area contributed by atoms with E-state index in [1.54, 1.807) is 6.07 Å². The monoisotopic (exact) mass is 706 g/mol. The molecular formula is C31H29F11O4S. The lowest BCUT2D eigenvalue weighted by Crippen LogP contribution is -2.62. The van der Waals surface area contributed by atoms with Gasteiger partial charge in [0.25, 0.3) is 0 Å². The first-order valence-electron chi connectivity index (χ1n) is 14.1. The molecule has 0 aliphatic rings. The summed E-state index contributed by atoms with van der Waals surface area (Å²) >= 11 is 0.497. The average molecular weight is 707 g/mol. The van der Waals surface area contributed by atoms with Crippen LogP contribution in [0.25, 0.3) is 22.3 Å². The number of hydrogen-bond donors (Lipinski definition) is 0. The molecule has 0 bridgehead atoms. The molecule has 3 aromatic rings. The summed E-state index contributed by atoms with van der Waals surface area (Å²) in [5, 5.41) is 0.367. The number of unbranched alkanes of at least 4 members (excludes halogenated alkanes) is 2. The van der Waals surface area contributed by atoms with E-state index >= 15 is 0 Å². The Hall–Kier alpha value is -3.43. The SMILES string of the molecule is C=CC(=O)OCCC(F)(F)C(F)(F)C(F)(F)C(F)(F)CCSc1ccc2cc(-c3ccc(CCCCC)cc3OC(F)(F)F)oc2c1. The van der Waals surface area contributed by atoms with Gasteiger partial charge in [-0.25, -0.2) is 4.79 Å². The van der Waals surface area contributed by atoms with Gasteiger partial charge >= 0.3 is 36.0 Å². The zero-order valence-electron chi connectivity index (χ0n) is 24.7. The number of carbonyl (C=O) groups excluding carboxylic acids is 1. The summed E-state index contributed by atoms with van der Waals surface area (Å²) in [7, 11) is 0. The highest BCUT2D eigenvalue weighted by atomic mass is 32.2. The molecule has 2 aromatic carbocycles. The molecule has 0 N–H and O–H groups in total. The van der Waals surface area contributed by atoms with Crippen LogP contribution >= 0.6 is 11.8 Å². The van der Waals surface area contributed by atoms with Crippen molar-refractivity contribution >= 4 is 28.7 Å². The third-order valence-electron chi connectivity index (χ3n) is 6.92. The van der Waals surface area contributed by atoms with E-state index in [0.717, 1.165) is 19.3 Å². The predicted octanol–water partition coefficient (Wildman–Crippen LogP) is 10.9. The van der Waals surface area contributed by atoms with Crippen molar-refractivity contribution in [1.82, 2.24) is 0 Å². The molecule has 16 heteroatoms. The minimum absolute atomic E-state index is 0.0323. The first-order chi connectivity index (χ1) is 21.7. The average Bonchev–Trinajstić information content (AvgIpc) is 3.39. The molecule has 0 saturated carbocycles. The number of hydrogen-bond acceptors (Lipinski definition) is 5. The van der Waals surface area contributed by atoms with Crippen molar-refractivity contribution in [2.75, 3.05) is 12.4 Å². The third-order valence-corrected chi connectivity index (χ3v) is 7.92. The molecule has 1 aromatic heterocycles. The minimum atomic E-state index is -6.51. The van der Waals surface area contributed by atoms with Crippen LogP contribution in [0.5, 0.6) is 5.75 Å². The van der Waals surface area contributed by atoms with Crippen LogP contribution < -0.4 is 4.74 Å². The second-order valence-electron chi connectivity index (χ2n) is 10.4. The molecule has 0 aliphatic carbocycles. The Balaban J connectivity index is 1.75. The molecule has 1 heterocycles. The van der Waals surface area contributed by atoms with Gasteiger partial charge in [0.2, 0.25) is 0 Å². The van der Waals surface area contributed by atoms with Crippen LogP contribution in [-0.4, -0.2) is 48.4 Å². The number of esters is 1. The maximum absolute atomic E-state index is 14.4. The highest BCUT2D eigenvalue weighted by Crippen LogP contribution is 2.55. The third kappa shape index (κ3) is 9.14. The lowest BCUT2D eigenvalue weighted by molar-refractivity contribution is -0.367. The van der Waals surface area contributed by atoms with Crippen molar-refractivity contribution in [1.29, 1.82) is 0 Å². The topological polar surface area (TPSA) is 48.7 Å². The van der Waals surface area contributed by atoms with Crippen molar-refractivity contribution in [2.45, 2.75) is 80.4 Å². The molecule has 3 rings (SSSR count). The molecule has 0 radical (unpaired) electrons. The highest BCUT2D eigenvalue weighted by molar-refractivity contribution is 7.99. The lowest BCUT2D eigenvalue weighted by Gasteiger charge is -2.36. The zero-order valence-corrected chi connectivity index (χ0v) is 25.5. The maximum atomic E-state index is 14.4. The van der Waals surface area contributed by atoms with Crippen molar-refractivity contribution < 1.29 is 67.0 Å². The van der Waals surface area contributed by atoms with Gasteiger partial charge in [0.05, 0.1) is 18.6 Å². The van der Waals surface area contributed by atoms with Gasteiger partial charge in [-0.1, -0.05) is 32.4 Å². The van der Waals surface area contributed by atoms with E-state index in [1.165, 1.54) is 36.4 Å². The first kappa shape index (κ1) is 38.0. The number of alkyl halides is 11. The van der Waals surface area contributed by atoms with Gasteiger partial charge in [0.1, 0.15) is 17.1 Å². The Kier molecular flexibility index (Phi) is 11.9. The van der Waals surface area contributed by atoms with E-state index < -0.39 is 67.0 Å². The Labute approximate surface area is 266 Å². The van der Waals surface area contributed by atoms with Gasteiger partial charge in [-0.3, -0.25) is 0 Å². The number of aryl methyl sites for hydroxylation is 1. The Morgan fingerprint density at radius 1 is 0.872 bits per heavy atom. The molecule has 0 atom stereocenters. The largest absolute Gasteiger partial charge is 0.573 e. The van der Waals surface area contributed by atoms with E-state index in [-0.39, 0.29) is 21.8 Å². The molecule has 260 valence electrons. The second-order valence-corrected chi connectivity index (χ2v) is 11.6. The number of furan rings is 1. The summed E-state index contributed by atoms with van der Waals surface area (Å²) in [6, 6.07) is 9.65. The van der Waals surface area contributed by atoms with E-state index in [0.29, 0.717) is 35.2 Å². The summed E-state index contributed by atoms with van der Waals surface area (Å²) < 4.78 is 167. The smallest absolute Gasteiger partial charge is 0.462 e. The van der Waals surface area contributed by atoms with E-state index in [1.807, 2.05) is 6.92 Å². The molecule has 4 nitrogen and oxygen atoms in total. The number of halogens is 11. The maximum Gasteiger partial charge on any atom is 0.573 e. The summed E-state index contributed by atoms with van der Waals surface area (Å²) in [6.45, 7) is 3.45. The number of fused-ring (bicyclic) bond motifs is 1. The summed E-state index contributed by atoms with van der Waals surface area (Å²) in [6.07, 6.45) is -5.56. The Morgan fingerprint density at radius 2 is 1.53 bits per heavy atom. The molecule has 0 amide bonds. The normalized spacial score (nSPS) is 13.2. The zero-order chi connectivity index (χ0) is 35.3. The van der Waals surface area contributed by atoms with E-state index in [2.05, 4.69) is 16.1 Å². The molecule has 0 fully saturated rings. The fourth-order valence-corrected chi connectivity index (χ4v) is 5.31. The first-order valence-corrected chi connectivity index (χ1v) is 15.1. The highest BCUT2D eigenvalue weighted by Gasteiger charge is 2.79. The molecule has 0 unspecified atom stereocenters. The number of ether oxygens (including phenoxy) is 2. The van der Waals surface area contributed by atoms with Gasteiger partial charge in [-0.05, 0) is 54.8 Å². The van der Waals surface area contributed by atoms with Crippen LogP contribution in [0, 0.1) is 0 Å². The standard InChI is InChI=1S/C31H29F11O4S/c1-3-5-6-7-19-8-11-22(25(16-19)46-31(40,41)42)24-17-20-9-10-21(18-23(20)45-24)47-15-13-28(34,35)30(38,39)29(36,37)27(32,33)12-14-44-26(43)4-2/h4,8-11,16-18H,2-3,5-7,12-15H2,1H3. The molecular weight excluding hydrogens is 677 g/mol. The number of thioether (sulfide) groups is 1. The Morgan fingerprint density at radius 3 is 2.15 bits per heavy atom. The van der Waals surface area contributed by atoms with E-state index in [4.69, 9.17) is 4.42 Å². The van der Waals surface area contributed by atoms with Crippen LogP contribution in [0.3, 0.4) is 0 Å². The second kappa shape index (κ2) is 14.8. The van der Waals surface area contributed by atoms with Gasteiger partial charge in [-0.15, -0.1) is 24.9 Å². The Bertz CT molecular complexity index is 1530. The summed E-state index contributed by atoms with van der Waals surface area (Å²) in [5.41, 5.74) is 0.634. The van der Waals surface area contributed by atoms with Crippen LogP contribution in [-0.2, 0) is 16.0 Å². The number of carbonyl (C=O) groups is 1. The van der Waals surface area contributed by atoms with Crippen molar-refractivity contribution in [3.63, 3.8) is 0 Å². The van der Waals surface area contributed by atoms with Crippen molar-refractivity contribution in [3.05, 3.63) is 60.7 Å². The molecule has 47 heavy (non-hydrogen) atoms. The van der Waals surface area contributed by atoms with Crippen molar-refractivity contribution in [3.8, 4) is 17.1 Å². The quantitative estimate of drug-likeness (QED) is 0.0460. The molecule has 0 saturated heterocycles. The fourth-order valence-electron chi connectivity index (χ4n) is 4.36. The van der Waals surface area contributed by atoms with E-state index in [9.17, 15) is 53.1 Å². The van der Waals surface area contributed by atoms with Crippen LogP contribution in [0.2, 0.25) is 0 Å². The predicted molar refractivity (Wildman–Crippen MR) is 152 cm³/mol. The summed E-state index contributed by atoms with van der Waals surface area (Å²) in [5.74, 6) is -27.0. The van der Waals surface area contributed by atoms with Crippen molar-refractivity contribution in [2.24, 2.45) is 0 Å². The minimum Gasteiger partial charge on any atom is -0.462 e. The van der Waals surface area contributed by atoms with Gasteiger partial charge in [0, 0.05) is 28.5 Å². The summed E-state index contributed by atoms with van der Waals surface area (Å²) in [4.78, 5) is 11.0. The van der Waals surface area contributed by atoms with Crippen LogP contribution in [0.4, 0.5) is 48.3 Å². The molecule has 0 aliphatic heterocycles. The lowest BCUT2D eigenvalue weighted by atomic mass is 9.95. The van der Waals surface area contributed by atoms with Gasteiger partial charge in [0.15, 0.2) is 0 Å². The van der Waals surface area contributed by atoms with Gasteiger partial charge in [-0.2, -0.15) is 35.1 Å². The number of rotatable bonds is 17. The van der Waals surface area contributed by atoms with Crippen LogP contribution in [0.1, 0.15) is 44.6 Å². The number of benzene rings is 2. The van der Waals surface area contributed by atoms with Crippen LogP contribution in [0.15, 0.2) is 64.4 Å².